The summed E-state index contributed by atoms with van der Waals surface area (Å²) < 4.78 is 4.87. The van der Waals surface area contributed by atoms with E-state index in [1.165, 1.54) is 5.56 Å². The Morgan fingerprint density at radius 3 is 2.57 bits per heavy atom. The van der Waals surface area contributed by atoms with Gasteiger partial charge in [0.15, 0.2) is 5.96 Å². The summed E-state index contributed by atoms with van der Waals surface area (Å²) in [6.45, 7) is 3.66. The zero-order valence-electron chi connectivity index (χ0n) is 12.6. The summed E-state index contributed by atoms with van der Waals surface area (Å²) in [7, 11) is 1.73. The summed E-state index contributed by atoms with van der Waals surface area (Å²) in [5.74, 6) is 0.583. The van der Waals surface area contributed by atoms with E-state index in [0.717, 1.165) is 18.9 Å². The van der Waals surface area contributed by atoms with Crippen LogP contribution in [-0.2, 0) is 16.1 Å². The molecule has 0 aliphatic carbocycles. The van der Waals surface area contributed by atoms with E-state index < -0.39 is 0 Å². The maximum atomic E-state index is 11.2. The van der Waals surface area contributed by atoms with Gasteiger partial charge in [0.05, 0.1) is 6.61 Å². The van der Waals surface area contributed by atoms with Gasteiger partial charge >= 0.3 is 5.97 Å². The second kappa shape index (κ2) is 12.4. The molecule has 6 heteroatoms. The summed E-state index contributed by atoms with van der Waals surface area (Å²) in [6, 6.07) is 10.1. The van der Waals surface area contributed by atoms with Gasteiger partial charge in [-0.25, -0.2) is 0 Å². The van der Waals surface area contributed by atoms with E-state index in [2.05, 4.69) is 27.8 Å². The predicted molar refractivity (Wildman–Crippen MR) is 95.9 cm³/mol. The SMILES string of the molecule is CCOC(=O)CCCNC(=NC)NCc1ccccc1.I. The van der Waals surface area contributed by atoms with Crippen LogP contribution in [0.4, 0.5) is 0 Å². The van der Waals surface area contributed by atoms with E-state index in [1.807, 2.05) is 25.1 Å². The Balaban J connectivity index is 0.00000400. The normalized spacial score (nSPS) is 10.5. The van der Waals surface area contributed by atoms with Crippen molar-refractivity contribution in [3.8, 4) is 0 Å². The molecule has 0 amide bonds. The second-order valence-electron chi connectivity index (χ2n) is 4.25. The standard InChI is InChI=1S/C15H23N3O2.HI/c1-3-20-14(19)10-7-11-17-15(16-2)18-12-13-8-5-4-6-9-13;/h4-6,8-9H,3,7,10-12H2,1-2H3,(H2,16,17,18);1H. The Labute approximate surface area is 143 Å². The van der Waals surface area contributed by atoms with Crippen LogP contribution < -0.4 is 10.6 Å². The molecule has 0 aliphatic rings. The van der Waals surface area contributed by atoms with Crippen LogP contribution in [0.3, 0.4) is 0 Å². The average molecular weight is 405 g/mol. The van der Waals surface area contributed by atoms with Crippen molar-refractivity contribution in [3.63, 3.8) is 0 Å². The van der Waals surface area contributed by atoms with Crippen molar-refractivity contribution in [3.05, 3.63) is 35.9 Å². The highest BCUT2D eigenvalue weighted by molar-refractivity contribution is 14.0. The number of nitrogens with zero attached hydrogens (tertiary/aromatic N) is 1. The van der Waals surface area contributed by atoms with Crippen LogP contribution in [0.25, 0.3) is 0 Å². The molecule has 0 unspecified atom stereocenters. The Morgan fingerprint density at radius 2 is 1.95 bits per heavy atom. The number of carbonyl (C=O) groups is 1. The third kappa shape index (κ3) is 9.28. The minimum absolute atomic E-state index is 0. The summed E-state index contributed by atoms with van der Waals surface area (Å²) in [4.78, 5) is 15.3. The molecule has 0 bridgehead atoms. The first-order valence-electron chi connectivity index (χ1n) is 6.90. The molecule has 0 radical (unpaired) electrons. The molecule has 0 saturated heterocycles. The number of nitrogens with one attached hydrogen (secondary N) is 2. The number of ether oxygens (including phenoxy) is 1. The van der Waals surface area contributed by atoms with Crippen LogP contribution in [-0.4, -0.2) is 32.1 Å². The number of guanidine groups is 1. The highest BCUT2D eigenvalue weighted by Gasteiger charge is 2.02. The van der Waals surface area contributed by atoms with Crippen LogP contribution >= 0.6 is 24.0 Å². The Hall–Kier alpha value is -1.31. The highest BCUT2D eigenvalue weighted by Crippen LogP contribution is 1.97. The molecule has 2 N–H and O–H groups in total. The summed E-state index contributed by atoms with van der Waals surface area (Å²) in [5, 5.41) is 6.39. The van der Waals surface area contributed by atoms with Gasteiger partial charge in [-0.3, -0.25) is 9.79 Å². The molecular weight excluding hydrogens is 381 g/mol. The monoisotopic (exact) mass is 405 g/mol. The van der Waals surface area contributed by atoms with Crippen LogP contribution in [0.1, 0.15) is 25.3 Å². The number of benzene rings is 1. The van der Waals surface area contributed by atoms with Crippen molar-refractivity contribution >= 4 is 35.9 Å². The number of rotatable bonds is 7. The van der Waals surface area contributed by atoms with E-state index in [4.69, 9.17) is 4.74 Å². The fourth-order valence-corrected chi connectivity index (χ4v) is 1.67. The van der Waals surface area contributed by atoms with Crippen LogP contribution in [0, 0.1) is 0 Å². The van der Waals surface area contributed by atoms with Gasteiger partial charge in [0.2, 0.25) is 0 Å². The number of aliphatic imine (C=N–C) groups is 1. The van der Waals surface area contributed by atoms with Crippen molar-refractivity contribution in [2.75, 3.05) is 20.2 Å². The number of esters is 1. The lowest BCUT2D eigenvalue weighted by molar-refractivity contribution is -0.143. The van der Waals surface area contributed by atoms with Crippen molar-refractivity contribution in [2.45, 2.75) is 26.3 Å². The molecule has 21 heavy (non-hydrogen) atoms. The number of carbonyl (C=O) groups excluding carboxylic acids is 1. The average Bonchev–Trinajstić information content (AvgIpc) is 2.48. The molecular formula is C15H24IN3O2. The van der Waals surface area contributed by atoms with E-state index in [0.29, 0.717) is 19.6 Å². The quantitative estimate of drug-likeness (QED) is 0.240. The van der Waals surface area contributed by atoms with Crippen LogP contribution in [0.2, 0.25) is 0 Å². The first-order chi connectivity index (χ1) is 9.76. The molecule has 0 aliphatic heterocycles. The van der Waals surface area contributed by atoms with Gasteiger partial charge in [-0.15, -0.1) is 24.0 Å². The van der Waals surface area contributed by atoms with Gasteiger partial charge in [0.1, 0.15) is 0 Å². The molecule has 1 rings (SSSR count). The van der Waals surface area contributed by atoms with E-state index >= 15 is 0 Å². The van der Waals surface area contributed by atoms with Gasteiger partial charge < -0.3 is 15.4 Å². The van der Waals surface area contributed by atoms with Crippen molar-refractivity contribution in [2.24, 2.45) is 4.99 Å². The van der Waals surface area contributed by atoms with Crippen molar-refractivity contribution in [1.29, 1.82) is 0 Å². The van der Waals surface area contributed by atoms with Crippen molar-refractivity contribution in [1.82, 2.24) is 10.6 Å². The van der Waals surface area contributed by atoms with Gasteiger partial charge in [-0.05, 0) is 18.9 Å². The number of hydrogen-bond acceptors (Lipinski definition) is 3. The lowest BCUT2D eigenvalue weighted by Gasteiger charge is -2.11. The van der Waals surface area contributed by atoms with E-state index in [-0.39, 0.29) is 29.9 Å². The Morgan fingerprint density at radius 1 is 1.24 bits per heavy atom. The fraction of sp³-hybridized carbons (Fsp3) is 0.467. The van der Waals surface area contributed by atoms with Gasteiger partial charge in [-0.1, -0.05) is 30.3 Å². The molecule has 118 valence electrons. The van der Waals surface area contributed by atoms with E-state index in [1.54, 1.807) is 7.05 Å². The molecule has 0 aromatic heterocycles. The minimum atomic E-state index is -0.151. The molecule has 5 nitrogen and oxygen atoms in total. The maximum Gasteiger partial charge on any atom is 0.305 e. The lowest BCUT2D eigenvalue weighted by Crippen LogP contribution is -2.37. The summed E-state index contributed by atoms with van der Waals surface area (Å²) in [5.41, 5.74) is 1.20. The maximum absolute atomic E-state index is 11.2. The van der Waals surface area contributed by atoms with E-state index in [9.17, 15) is 4.79 Å². The number of hydrogen-bond donors (Lipinski definition) is 2. The second-order valence-corrected chi connectivity index (χ2v) is 4.25. The molecule has 0 saturated carbocycles. The predicted octanol–water partition coefficient (Wildman–Crippen LogP) is 2.31. The molecule has 0 atom stereocenters. The Kier molecular flexibility index (Phi) is 11.7. The highest BCUT2D eigenvalue weighted by atomic mass is 127. The third-order valence-corrected chi connectivity index (χ3v) is 2.68. The topological polar surface area (TPSA) is 62.7 Å². The molecule has 0 heterocycles. The zero-order valence-corrected chi connectivity index (χ0v) is 14.9. The fourth-order valence-electron chi connectivity index (χ4n) is 1.67. The molecule has 1 aromatic rings. The lowest BCUT2D eigenvalue weighted by atomic mass is 10.2. The first-order valence-corrected chi connectivity index (χ1v) is 6.90. The van der Waals surface area contributed by atoms with Crippen LogP contribution in [0.5, 0.6) is 0 Å². The smallest absolute Gasteiger partial charge is 0.305 e. The Bertz CT molecular complexity index is 424. The number of halogens is 1. The minimum Gasteiger partial charge on any atom is -0.466 e. The van der Waals surface area contributed by atoms with Gasteiger partial charge in [0.25, 0.3) is 0 Å². The molecule has 0 fully saturated rings. The van der Waals surface area contributed by atoms with Gasteiger partial charge in [0, 0.05) is 26.6 Å². The van der Waals surface area contributed by atoms with Gasteiger partial charge in [-0.2, -0.15) is 0 Å². The first kappa shape index (κ1) is 19.7. The van der Waals surface area contributed by atoms with Crippen molar-refractivity contribution < 1.29 is 9.53 Å². The largest absolute Gasteiger partial charge is 0.466 e. The summed E-state index contributed by atoms with van der Waals surface area (Å²) in [6.07, 6.45) is 1.15. The summed E-state index contributed by atoms with van der Waals surface area (Å²) >= 11 is 0. The molecule has 1 aromatic carbocycles. The third-order valence-electron chi connectivity index (χ3n) is 2.68. The molecule has 0 spiro atoms. The van der Waals surface area contributed by atoms with Crippen LogP contribution in [0.15, 0.2) is 35.3 Å². The zero-order chi connectivity index (χ0) is 14.6.